The van der Waals surface area contributed by atoms with Crippen molar-refractivity contribution in [1.82, 2.24) is 4.90 Å². The summed E-state index contributed by atoms with van der Waals surface area (Å²) in [5.74, 6) is 1.68. The Morgan fingerprint density at radius 2 is 1.95 bits per heavy atom. The lowest BCUT2D eigenvalue weighted by Gasteiger charge is -2.15. The molecule has 0 spiro atoms. The molecular weight excluding hydrogens is 280 g/mol. The molecule has 1 aliphatic rings. The first kappa shape index (κ1) is 14.5. The highest BCUT2D eigenvalue weighted by atomic mass is 32.2. The van der Waals surface area contributed by atoms with Gasteiger partial charge in [0.05, 0.1) is 14.2 Å². The van der Waals surface area contributed by atoms with Gasteiger partial charge in [-0.2, -0.15) is 0 Å². The largest absolute Gasteiger partial charge is 0.497 e. The molecule has 0 unspecified atom stereocenters. The third-order valence-electron chi connectivity index (χ3n) is 2.81. The van der Waals surface area contributed by atoms with Gasteiger partial charge in [-0.3, -0.25) is 9.59 Å². The number of thioether (sulfide) groups is 1. The summed E-state index contributed by atoms with van der Waals surface area (Å²) in [6, 6.07) is 5.11. The Morgan fingerprint density at radius 1 is 1.30 bits per heavy atom. The maximum absolute atomic E-state index is 11.9. The maximum Gasteiger partial charge on any atom is 0.282 e. The molecule has 1 N–H and O–H groups in total. The van der Waals surface area contributed by atoms with Crippen molar-refractivity contribution in [2.24, 2.45) is 0 Å². The number of carbonyl (C=O) groups is 2. The number of ether oxygens (including phenoxy) is 2. The Labute approximate surface area is 121 Å². The number of amides is 2. The Balaban J connectivity index is 2.01. The van der Waals surface area contributed by atoms with Crippen LogP contribution in [0.5, 0.6) is 11.5 Å². The summed E-state index contributed by atoms with van der Waals surface area (Å²) in [4.78, 5) is 24.9. The minimum absolute atomic E-state index is 0.0524. The van der Waals surface area contributed by atoms with Crippen LogP contribution in [-0.2, 0) is 4.79 Å². The fourth-order valence-electron chi connectivity index (χ4n) is 1.82. The number of methoxy groups -OCH3 is 2. The minimum Gasteiger partial charge on any atom is -0.497 e. The van der Waals surface area contributed by atoms with Gasteiger partial charge in [0.25, 0.3) is 5.24 Å². The lowest BCUT2D eigenvalue weighted by atomic mass is 10.2. The Kier molecular flexibility index (Phi) is 4.73. The Morgan fingerprint density at radius 3 is 2.45 bits per heavy atom. The van der Waals surface area contributed by atoms with E-state index in [1.807, 2.05) is 0 Å². The molecule has 7 heteroatoms. The third kappa shape index (κ3) is 3.57. The van der Waals surface area contributed by atoms with Crippen molar-refractivity contribution < 1.29 is 19.1 Å². The zero-order valence-electron chi connectivity index (χ0n) is 11.3. The van der Waals surface area contributed by atoms with Gasteiger partial charge in [0.1, 0.15) is 18.0 Å². The minimum atomic E-state index is -0.240. The van der Waals surface area contributed by atoms with E-state index in [0.717, 1.165) is 5.75 Å². The first-order chi connectivity index (χ1) is 9.62. The first-order valence-corrected chi connectivity index (χ1v) is 7.05. The van der Waals surface area contributed by atoms with Crippen molar-refractivity contribution in [3.63, 3.8) is 0 Å². The average Bonchev–Trinajstić information content (AvgIpc) is 2.83. The van der Waals surface area contributed by atoms with Crippen LogP contribution in [0.15, 0.2) is 18.2 Å². The van der Waals surface area contributed by atoms with Crippen molar-refractivity contribution in [3.8, 4) is 11.5 Å². The summed E-state index contributed by atoms with van der Waals surface area (Å²) < 4.78 is 10.3. The predicted molar refractivity (Wildman–Crippen MR) is 77.6 cm³/mol. The quantitative estimate of drug-likeness (QED) is 0.897. The van der Waals surface area contributed by atoms with E-state index >= 15 is 0 Å². The number of hydrogen-bond donors (Lipinski definition) is 1. The van der Waals surface area contributed by atoms with Crippen LogP contribution in [0, 0.1) is 0 Å². The molecular formula is C13H16N2O4S. The predicted octanol–water partition coefficient (Wildman–Crippen LogP) is 1.81. The normalized spacial score (nSPS) is 14.3. The van der Waals surface area contributed by atoms with Crippen molar-refractivity contribution >= 4 is 28.6 Å². The summed E-state index contributed by atoms with van der Waals surface area (Å²) in [5, 5.41) is 2.68. The number of anilines is 1. The standard InChI is InChI=1S/C13H16N2O4S/c1-18-10-5-9(6-11(7-10)19-2)14-12(16)8-15-3-4-20-13(15)17/h5-7H,3-4,8H2,1-2H3,(H,14,16). The molecule has 0 saturated carbocycles. The molecule has 0 aliphatic carbocycles. The monoisotopic (exact) mass is 296 g/mol. The summed E-state index contributed by atoms with van der Waals surface area (Å²) in [7, 11) is 3.08. The summed E-state index contributed by atoms with van der Waals surface area (Å²) >= 11 is 1.23. The van der Waals surface area contributed by atoms with Crippen molar-refractivity contribution in [2.75, 3.05) is 38.4 Å². The van der Waals surface area contributed by atoms with Crippen molar-refractivity contribution in [3.05, 3.63) is 18.2 Å². The van der Waals surface area contributed by atoms with Crippen molar-refractivity contribution in [1.29, 1.82) is 0 Å². The lowest BCUT2D eigenvalue weighted by molar-refractivity contribution is -0.116. The van der Waals surface area contributed by atoms with Crippen molar-refractivity contribution in [2.45, 2.75) is 0 Å². The number of hydrogen-bond acceptors (Lipinski definition) is 5. The van der Waals surface area contributed by atoms with Gasteiger partial charge in [0, 0.05) is 36.2 Å². The molecule has 2 rings (SSSR count). The van der Waals surface area contributed by atoms with E-state index in [4.69, 9.17) is 9.47 Å². The Hall–Kier alpha value is -1.89. The number of carbonyl (C=O) groups excluding carboxylic acids is 2. The highest BCUT2D eigenvalue weighted by molar-refractivity contribution is 8.13. The molecule has 6 nitrogen and oxygen atoms in total. The zero-order chi connectivity index (χ0) is 14.5. The average molecular weight is 296 g/mol. The summed E-state index contributed by atoms with van der Waals surface area (Å²) in [6.07, 6.45) is 0. The molecule has 0 atom stereocenters. The fourth-order valence-corrected chi connectivity index (χ4v) is 2.65. The Bertz CT molecular complexity index is 499. The van der Waals surface area contributed by atoms with Crippen LogP contribution >= 0.6 is 11.8 Å². The summed E-state index contributed by atoms with van der Waals surface area (Å²) in [6.45, 7) is 0.670. The van der Waals surface area contributed by atoms with Crippen LogP contribution in [0.4, 0.5) is 10.5 Å². The molecule has 0 radical (unpaired) electrons. The molecule has 20 heavy (non-hydrogen) atoms. The smallest absolute Gasteiger partial charge is 0.282 e. The number of benzene rings is 1. The highest BCUT2D eigenvalue weighted by Crippen LogP contribution is 2.26. The molecule has 1 fully saturated rings. The van der Waals surface area contributed by atoms with E-state index in [2.05, 4.69) is 5.32 Å². The molecule has 1 aliphatic heterocycles. The second-order valence-corrected chi connectivity index (χ2v) is 5.23. The van der Waals surface area contributed by atoms with Gasteiger partial charge in [0.2, 0.25) is 5.91 Å². The maximum atomic E-state index is 11.9. The molecule has 1 aromatic carbocycles. The zero-order valence-corrected chi connectivity index (χ0v) is 12.2. The molecule has 2 amide bonds. The van der Waals surface area contributed by atoms with Gasteiger partial charge >= 0.3 is 0 Å². The summed E-state index contributed by atoms with van der Waals surface area (Å²) in [5.41, 5.74) is 0.575. The van der Waals surface area contributed by atoms with E-state index < -0.39 is 0 Å². The highest BCUT2D eigenvalue weighted by Gasteiger charge is 2.23. The van der Waals surface area contributed by atoms with Crippen LogP contribution in [0.1, 0.15) is 0 Å². The van der Waals surface area contributed by atoms with Gasteiger partial charge in [-0.1, -0.05) is 11.8 Å². The lowest BCUT2D eigenvalue weighted by Crippen LogP contribution is -2.33. The SMILES string of the molecule is COc1cc(NC(=O)CN2CCSC2=O)cc(OC)c1. The van der Waals surface area contributed by atoms with Crippen LogP contribution in [0.2, 0.25) is 0 Å². The van der Waals surface area contributed by atoms with Crippen LogP contribution < -0.4 is 14.8 Å². The van der Waals surface area contributed by atoms with E-state index in [1.54, 1.807) is 32.4 Å². The van der Waals surface area contributed by atoms with Gasteiger partial charge in [-0.15, -0.1) is 0 Å². The van der Waals surface area contributed by atoms with E-state index in [-0.39, 0.29) is 17.7 Å². The second kappa shape index (κ2) is 6.51. The van der Waals surface area contributed by atoms with Gasteiger partial charge < -0.3 is 19.7 Å². The van der Waals surface area contributed by atoms with E-state index in [0.29, 0.717) is 23.7 Å². The van der Waals surface area contributed by atoms with Gasteiger partial charge in [-0.05, 0) is 0 Å². The van der Waals surface area contributed by atoms with Crippen LogP contribution in [-0.4, -0.2) is 49.1 Å². The first-order valence-electron chi connectivity index (χ1n) is 6.07. The van der Waals surface area contributed by atoms with E-state index in [9.17, 15) is 9.59 Å². The number of nitrogens with one attached hydrogen (secondary N) is 1. The third-order valence-corrected chi connectivity index (χ3v) is 3.71. The van der Waals surface area contributed by atoms with Gasteiger partial charge in [-0.25, -0.2) is 0 Å². The molecule has 0 aromatic heterocycles. The number of rotatable bonds is 5. The topological polar surface area (TPSA) is 67.9 Å². The molecule has 1 heterocycles. The fraction of sp³-hybridized carbons (Fsp3) is 0.385. The van der Waals surface area contributed by atoms with E-state index in [1.165, 1.54) is 16.7 Å². The molecule has 1 aromatic rings. The second-order valence-electron chi connectivity index (χ2n) is 4.19. The molecule has 108 valence electrons. The van der Waals surface area contributed by atoms with Crippen LogP contribution in [0.25, 0.3) is 0 Å². The van der Waals surface area contributed by atoms with Crippen LogP contribution in [0.3, 0.4) is 0 Å². The van der Waals surface area contributed by atoms with Gasteiger partial charge in [0.15, 0.2) is 0 Å². The number of nitrogens with zero attached hydrogens (tertiary/aromatic N) is 1. The molecule has 1 saturated heterocycles. The molecule has 0 bridgehead atoms.